The standard InChI is InChI=1S/C11H25N3/c1-4-5-7-13(2)9-11-10-14(3)8-6-12-11/h11-12H,4-10H2,1-3H3. The van der Waals surface area contributed by atoms with Crippen molar-refractivity contribution in [2.45, 2.75) is 25.8 Å². The summed E-state index contributed by atoms with van der Waals surface area (Å²) in [7, 11) is 4.44. The number of hydrogen-bond acceptors (Lipinski definition) is 3. The molecule has 1 atom stereocenters. The van der Waals surface area contributed by atoms with Crippen LogP contribution in [0.4, 0.5) is 0 Å². The molecule has 0 aliphatic carbocycles. The van der Waals surface area contributed by atoms with Crippen LogP contribution in [0.2, 0.25) is 0 Å². The monoisotopic (exact) mass is 199 g/mol. The van der Waals surface area contributed by atoms with Gasteiger partial charge in [0.2, 0.25) is 0 Å². The highest BCUT2D eigenvalue weighted by Gasteiger charge is 2.17. The number of hydrogen-bond donors (Lipinski definition) is 1. The topological polar surface area (TPSA) is 18.5 Å². The zero-order valence-electron chi connectivity index (χ0n) is 9.92. The summed E-state index contributed by atoms with van der Waals surface area (Å²) in [4.78, 5) is 4.86. The third kappa shape index (κ3) is 4.40. The Bertz CT molecular complexity index is 149. The minimum atomic E-state index is 0.663. The third-order valence-corrected chi connectivity index (χ3v) is 2.88. The Kier molecular flexibility index (Phi) is 5.45. The van der Waals surface area contributed by atoms with Gasteiger partial charge in [-0.2, -0.15) is 0 Å². The summed E-state index contributed by atoms with van der Waals surface area (Å²) in [6, 6.07) is 0.663. The first-order valence-electron chi connectivity index (χ1n) is 5.83. The van der Waals surface area contributed by atoms with Crippen molar-refractivity contribution in [2.24, 2.45) is 0 Å². The van der Waals surface area contributed by atoms with E-state index in [1.807, 2.05) is 0 Å². The van der Waals surface area contributed by atoms with Gasteiger partial charge in [-0.25, -0.2) is 0 Å². The van der Waals surface area contributed by atoms with E-state index in [2.05, 4.69) is 36.1 Å². The molecule has 0 aromatic rings. The van der Waals surface area contributed by atoms with Crippen molar-refractivity contribution in [3.63, 3.8) is 0 Å². The average molecular weight is 199 g/mol. The quantitative estimate of drug-likeness (QED) is 0.700. The van der Waals surface area contributed by atoms with Crippen molar-refractivity contribution in [1.82, 2.24) is 15.1 Å². The fraction of sp³-hybridized carbons (Fsp3) is 1.00. The molecule has 0 aromatic carbocycles. The predicted octanol–water partition coefficient (Wildman–Crippen LogP) is 0.622. The molecule has 1 heterocycles. The first-order valence-corrected chi connectivity index (χ1v) is 5.83. The SMILES string of the molecule is CCCCN(C)CC1CN(C)CCN1. The number of piperazine rings is 1. The van der Waals surface area contributed by atoms with Gasteiger partial charge in [-0.3, -0.25) is 0 Å². The van der Waals surface area contributed by atoms with Gasteiger partial charge in [0.05, 0.1) is 0 Å². The van der Waals surface area contributed by atoms with Gasteiger partial charge in [0, 0.05) is 32.2 Å². The van der Waals surface area contributed by atoms with Gasteiger partial charge in [-0.1, -0.05) is 13.3 Å². The Balaban J connectivity index is 2.15. The molecule has 1 saturated heterocycles. The van der Waals surface area contributed by atoms with Crippen LogP contribution >= 0.6 is 0 Å². The summed E-state index contributed by atoms with van der Waals surface area (Å²) in [5.41, 5.74) is 0. The average Bonchev–Trinajstić information content (AvgIpc) is 2.15. The highest BCUT2D eigenvalue weighted by Crippen LogP contribution is 1.99. The van der Waals surface area contributed by atoms with Crippen LogP contribution in [0.1, 0.15) is 19.8 Å². The first kappa shape index (κ1) is 12.0. The predicted molar refractivity (Wildman–Crippen MR) is 61.7 cm³/mol. The molecule has 0 bridgehead atoms. The van der Waals surface area contributed by atoms with E-state index in [1.165, 1.54) is 39.0 Å². The highest BCUT2D eigenvalue weighted by molar-refractivity contribution is 4.78. The first-order chi connectivity index (χ1) is 6.72. The maximum atomic E-state index is 3.57. The molecular weight excluding hydrogens is 174 g/mol. The molecule has 0 amide bonds. The highest BCUT2D eigenvalue weighted by atomic mass is 15.2. The Labute approximate surface area is 88.5 Å². The number of nitrogens with zero attached hydrogens (tertiary/aromatic N) is 2. The van der Waals surface area contributed by atoms with Crippen molar-refractivity contribution in [1.29, 1.82) is 0 Å². The van der Waals surface area contributed by atoms with Crippen molar-refractivity contribution in [2.75, 3.05) is 46.8 Å². The Morgan fingerprint density at radius 1 is 1.50 bits per heavy atom. The number of rotatable bonds is 5. The lowest BCUT2D eigenvalue weighted by molar-refractivity contribution is 0.194. The summed E-state index contributed by atoms with van der Waals surface area (Å²) in [6.07, 6.45) is 2.61. The van der Waals surface area contributed by atoms with Crippen LogP contribution in [0.15, 0.2) is 0 Å². The van der Waals surface area contributed by atoms with Crippen LogP contribution in [-0.2, 0) is 0 Å². The van der Waals surface area contributed by atoms with Crippen LogP contribution in [0, 0.1) is 0 Å². The van der Waals surface area contributed by atoms with Crippen molar-refractivity contribution >= 4 is 0 Å². The van der Waals surface area contributed by atoms with E-state index in [0.717, 1.165) is 6.54 Å². The van der Waals surface area contributed by atoms with E-state index in [-0.39, 0.29) is 0 Å². The van der Waals surface area contributed by atoms with E-state index in [0.29, 0.717) is 6.04 Å². The number of nitrogens with one attached hydrogen (secondary N) is 1. The van der Waals surface area contributed by atoms with Gasteiger partial charge in [0.15, 0.2) is 0 Å². The zero-order valence-corrected chi connectivity index (χ0v) is 9.92. The van der Waals surface area contributed by atoms with Crippen LogP contribution in [0.5, 0.6) is 0 Å². The second kappa shape index (κ2) is 6.38. The second-order valence-electron chi connectivity index (χ2n) is 4.53. The largest absolute Gasteiger partial charge is 0.310 e. The summed E-state index contributed by atoms with van der Waals surface area (Å²) in [6.45, 7) is 8.19. The number of likely N-dealkylation sites (N-methyl/N-ethyl adjacent to an activating group) is 2. The van der Waals surface area contributed by atoms with Crippen molar-refractivity contribution in [3.8, 4) is 0 Å². The molecular formula is C11H25N3. The van der Waals surface area contributed by atoms with Crippen LogP contribution in [0.25, 0.3) is 0 Å². The summed E-state index contributed by atoms with van der Waals surface area (Å²) >= 11 is 0. The third-order valence-electron chi connectivity index (χ3n) is 2.88. The maximum Gasteiger partial charge on any atom is 0.0322 e. The molecule has 1 aliphatic heterocycles. The van der Waals surface area contributed by atoms with Gasteiger partial charge in [-0.05, 0) is 27.1 Å². The normalized spacial score (nSPS) is 24.4. The van der Waals surface area contributed by atoms with E-state index in [1.54, 1.807) is 0 Å². The molecule has 84 valence electrons. The van der Waals surface area contributed by atoms with Crippen LogP contribution in [0.3, 0.4) is 0 Å². The van der Waals surface area contributed by atoms with Crippen molar-refractivity contribution < 1.29 is 0 Å². The molecule has 1 N–H and O–H groups in total. The zero-order chi connectivity index (χ0) is 10.4. The van der Waals surface area contributed by atoms with E-state index in [9.17, 15) is 0 Å². The van der Waals surface area contributed by atoms with Gasteiger partial charge >= 0.3 is 0 Å². The van der Waals surface area contributed by atoms with Gasteiger partial charge in [0.25, 0.3) is 0 Å². The fourth-order valence-electron chi connectivity index (χ4n) is 2.01. The molecule has 1 rings (SSSR count). The molecule has 3 nitrogen and oxygen atoms in total. The lowest BCUT2D eigenvalue weighted by Gasteiger charge is -2.33. The summed E-state index contributed by atoms with van der Waals surface area (Å²) < 4.78 is 0. The van der Waals surface area contributed by atoms with E-state index >= 15 is 0 Å². The van der Waals surface area contributed by atoms with Gasteiger partial charge < -0.3 is 15.1 Å². The maximum absolute atomic E-state index is 3.57. The Morgan fingerprint density at radius 2 is 2.29 bits per heavy atom. The van der Waals surface area contributed by atoms with E-state index < -0.39 is 0 Å². The minimum absolute atomic E-state index is 0.663. The van der Waals surface area contributed by atoms with Gasteiger partial charge in [0.1, 0.15) is 0 Å². The molecule has 0 spiro atoms. The second-order valence-corrected chi connectivity index (χ2v) is 4.53. The number of unbranched alkanes of at least 4 members (excludes halogenated alkanes) is 1. The van der Waals surface area contributed by atoms with Gasteiger partial charge in [-0.15, -0.1) is 0 Å². The van der Waals surface area contributed by atoms with E-state index in [4.69, 9.17) is 0 Å². The molecule has 0 saturated carbocycles. The Morgan fingerprint density at radius 3 is 2.93 bits per heavy atom. The summed E-state index contributed by atoms with van der Waals surface area (Å²) in [5, 5.41) is 3.57. The molecule has 0 radical (unpaired) electrons. The summed E-state index contributed by atoms with van der Waals surface area (Å²) in [5.74, 6) is 0. The molecule has 3 heteroatoms. The Hall–Kier alpha value is -0.120. The molecule has 0 aromatic heterocycles. The lowest BCUT2D eigenvalue weighted by Crippen LogP contribution is -2.53. The van der Waals surface area contributed by atoms with Crippen molar-refractivity contribution in [3.05, 3.63) is 0 Å². The molecule has 1 unspecified atom stereocenters. The molecule has 1 aliphatic rings. The minimum Gasteiger partial charge on any atom is -0.310 e. The van der Waals surface area contributed by atoms with Crippen LogP contribution < -0.4 is 5.32 Å². The lowest BCUT2D eigenvalue weighted by atomic mass is 10.2. The smallest absolute Gasteiger partial charge is 0.0322 e. The fourth-order valence-corrected chi connectivity index (χ4v) is 2.01. The van der Waals surface area contributed by atoms with Crippen LogP contribution in [-0.4, -0.2) is 62.7 Å². The molecule has 1 fully saturated rings. The molecule has 14 heavy (non-hydrogen) atoms.